The van der Waals surface area contributed by atoms with Gasteiger partial charge in [-0.25, -0.2) is 4.68 Å². The van der Waals surface area contributed by atoms with Gasteiger partial charge >= 0.3 is 0 Å². The summed E-state index contributed by atoms with van der Waals surface area (Å²) in [5.74, 6) is 0.00205. The lowest BCUT2D eigenvalue weighted by Crippen LogP contribution is -2.47. The third kappa shape index (κ3) is 2.95. The molecule has 164 valence electrons. The molecule has 1 N–H and O–H groups in total. The zero-order valence-corrected chi connectivity index (χ0v) is 19.1. The molecule has 2 amide bonds. The number of amides is 2. The van der Waals surface area contributed by atoms with Crippen molar-refractivity contribution in [1.82, 2.24) is 15.0 Å². The lowest BCUT2D eigenvalue weighted by molar-refractivity contribution is -0.126. The molecule has 5 rings (SSSR count). The molecular formula is C23H21Cl2N5O2. The first-order valence-corrected chi connectivity index (χ1v) is 11.3. The molecule has 0 radical (unpaired) electrons. The van der Waals surface area contributed by atoms with Crippen LogP contribution in [0.2, 0.25) is 10.0 Å². The van der Waals surface area contributed by atoms with E-state index in [4.69, 9.17) is 23.2 Å². The summed E-state index contributed by atoms with van der Waals surface area (Å²) in [7, 11) is 0. The highest BCUT2D eigenvalue weighted by Crippen LogP contribution is 2.52. The van der Waals surface area contributed by atoms with Crippen molar-refractivity contribution >= 4 is 46.5 Å². The van der Waals surface area contributed by atoms with Gasteiger partial charge in [-0.15, -0.1) is 5.10 Å². The van der Waals surface area contributed by atoms with Crippen LogP contribution in [0.3, 0.4) is 0 Å². The summed E-state index contributed by atoms with van der Waals surface area (Å²) in [6, 6.07) is 12.6. The van der Waals surface area contributed by atoms with Crippen LogP contribution in [0.25, 0.3) is 0 Å². The van der Waals surface area contributed by atoms with E-state index in [1.165, 1.54) is 0 Å². The van der Waals surface area contributed by atoms with Gasteiger partial charge in [-0.2, -0.15) is 0 Å². The highest BCUT2D eigenvalue weighted by Gasteiger charge is 2.58. The van der Waals surface area contributed by atoms with Gasteiger partial charge in [-0.3, -0.25) is 9.59 Å². The minimum atomic E-state index is -1.25. The molecule has 0 aliphatic carbocycles. The molecule has 2 aliphatic rings. The predicted molar refractivity (Wildman–Crippen MR) is 123 cm³/mol. The normalized spacial score (nSPS) is 20.3. The first kappa shape index (κ1) is 21.0. The highest BCUT2D eigenvalue weighted by atomic mass is 35.5. The number of anilines is 2. The van der Waals surface area contributed by atoms with E-state index >= 15 is 0 Å². The van der Waals surface area contributed by atoms with Gasteiger partial charge in [0, 0.05) is 22.3 Å². The third-order valence-corrected chi connectivity index (χ3v) is 6.76. The van der Waals surface area contributed by atoms with Crippen LogP contribution in [0.1, 0.15) is 49.6 Å². The molecular weight excluding hydrogens is 449 g/mol. The molecule has 2 aromatic carbocycles. The summed E-state index contributed by atoms with van der Waals surface area (Å²) >= 11 is 12.4. The van der Waals surface area contributed by atoms with E-state index in [0.717, 1.165) is 17.7 Å². The average molecular weight is 470 g/mol. The van der Waals surface area contributed by atoms with Crippen molar-refractivity contribution < 1.29 is 9.59 Å². The number of nitrogens with zero attached hydrogens (tertiary/aromatic N) is 4. The third-order valence-electron chi connectivity index (χ3n) is 6.27. The lowest BCUT2D eigenvalue weighted by Gasteiger charge is -2.31. The Morgan fingerprint density at radius 1 is 1.12 bits per heavy atom. The topological polar surface area (TPSA) is 80.1 Å². The fraction of sp³-hybridized carbons (Fsp3) is 0.304. The standard InChI is InChI=1S/C23H21Cl2N5O2/c1-3-10-29-18-9-8-16(25)11-17(18)23(22(29)32)12-19(31)26-21-20(23)27-28-30(21)13(2)14-4-6-15(24)7-5-14/h4-9,11,13H,3,10,12H2,1-2H3,(H,26,31)/t13?,23-/m1/s1. The first-order valence-electron chi connectivity index (χ1n) is 10.5. The summed E-state index contributed by atoms with van der Waals surface area (Å²) < 4.78 is 1.65. The van der Waals surface area contributed by atoms with E-state index in [0.29, 0.717) is 33.7 Å². The largest absolute Gasteiger partial charge is 0.311 e. The monoisotopic (exact) mass is 469 g/mol. The van der Waals surface area contributed by atoms with Crippen molar-refractivity contribution in [3.05, 3.63) is 69.3 Å². The minimum Gasteiger partial charge on any atom is -0.311 e. The van der Waals surface area contributed by atoms with Gasteiger partial charge in [0.1, 0.15) is 11.1 Å². The van der Waals surface area contributed by atoms with Crippen LogP contribution in [-0.2, 0) is 15.0 Å². The van der Waals surface area contributed by atoms with Crippen LogP contribution in [0.4, 0.5) is 11.5 Å². The van der Waals surface area contributed by atoms with E-state index in [9.17, 15) is 9.59 Å². The molecule has 1 unspecified atom stereocenters. The number of rotatable bonds is 4. The molecule has 1 spiro atoms. The number of halogens is 2. The quantitative estimate of drug-likeness (QED) is 0.606. The molecule has 2 atom stereocenters. The Bertz CT molecular complexity index is 1240. The van der Waals surface area contributed by atoms with Crippen molar-refractivity contribution in [3.63, 3.8) is 0 Å². The zero-order valence-electron chi connectivity index (χ0n) is 17.6. The van der Waals surface area contributed by atoms with Crippen molar-refractivity contribution in [2.24, 2.45) is 0 Å². The SMILES string of the molecule is CCCN1C(=O)[C@]2(CC(=O)Nc3c2nnn3C(C)c2ccc(Cl)cc2)c2cc(Cl)ccc21. The summed E-state index contributed by atoms with van der Waals surface area (Å²) in [6.45, 7) is 4.51. The number of nitrogens with one attached hydrogen (secondary N) is 1. The lowest BCUT2D eigenvalue weighted by atomic mass is 9.73. The van der Waals surface area contributed by atoms with Crippen LogP contribution in [-0.4, -0.2) is 33.4 Å². The van der Waals surface area contributed by atoms with Crippen molar-refractivity contribution in [2.75, 3.05) is 16.8 Å². The predicted octanol–water partition coefficient (Wildman–Crippen LogP) is 4.58. The Balaban J connectivity index is 1.69. The number of fused-ring (bicyclic) bond motifs is 4. The molecule has 0 bridgehead atoms. The summed E-state index contributed by atoms with van der Waals surface area (Å²) in [6.07, 6.45) is 0.740. The number of carbonyl (C=O) groups is 2. The van der Waals surface area contributed by atoms with Crippen molar-refractivity contribution in [3.8, 4) is 0 Å². The molecule has 3 heterocycles. The molecule has 1 aromatic heterocycles. The van der Waals surface area contributed by atoms with Gasteiger partial charge < -0.3 is 10.2 Å². The van der Waals surface area contributed by atoms with Crippen molar-refractivity contribution in [1.29, 1.82) is 0 Å². The number of hydrogen-bond acceptors (Lipinski definition) is 4. The second-order valence-corrected chi connectivity index (χ2v) is 9.08. The molecule has 7 nitrogen and oxygen atoms in total. The number of benzene rings is 2. The van der Waals surface area contributed by atoms with Gasteiger partial charge in [-0.1, -0.05) is 47.5 Å². The minimum absolute atomic E-state index is 0.0413. The van der Waals surface area contributed by atoms with E-state index in [-0.39, 0.29) is 24.3 Å². The second-order valence-electron chi connectivity index (χ2n) is 8.21. The highest BCUT2D eigenvalue weighted by molar-refractivity contribution is 6.31. The van der Waals surface area contributed by atoms with E-state index < -0.39 is 5.41 Å². The van der Waals surface area contributed by atoms with Crippen molar-refractivity contribution in [2.45, 2.75) is 38.1 Å². The molecule has 0 saturated heterocycles. The van der Waals surface area contributed by atoms with Crippen LogP contribution >= 0.6 is 23.2 Å². The Labute approximate surface area is 195 Å². The maximum absolute atomic E-state index is 13.8. The summed E-state index contributed by atoms with van der Waals surface area (Å²) in [5, 5.41) is 12.9. The van der Waals surface area contributed by atoms with Gasteiger partial charge in [0.25, 0.3) is 0 Å². The number of aromatic nitrogens is 3. The maximum atomic E-state index is 13.8. The van der Waals surface area contributed by atoms with E-state index in [2.05, 4.69) is 15.6 Å². The van der Waals surface area contributed by atoms with Gasteiger partial charge in [-0.05, 0) is 54.8 Å². The number of carbonyl (C=O) groups excluding carboxylic acids is 2. The van der Waals surface area contributed by atoms with Crippen LogP contribution in [0, 0.1) is 0 Å². The van der Waals surface area contributed by atoms with Gasteiger partial charge in [0.15, 0.2) is 5.82 Å². The Hall–Kier alpha value is -2.90. The van der Waals surface area contributed by atoms with Gasteiger partial charge in [0.2, 0.25) is 11.8 Å². The van der Waals surface area contributed by atoms with Crippen LogP contribution in [0.5, 0.6) is 0 Å². The molecule has 3 aromatic rings. The Kier molecular flexibility index (Phi) is 4.98. The van der Waals surface area contributed by atoms with E-state index in [1.54, 1.807) is 33.8 Å². The Morgan fingerprint density at radius 3 is 2.56 bits per heavy atom. The second kappa shape index (κ2) is 7.60. The zero-order chi connectivity index (χ0) is 22.6. The molecule has 0 saturated carbocycles. The molecule has 32 heavy (non-hydrogen) atoms. The average Bonchev–Trinajstić information content (AvgIpc) is 3.28. The summed E-state index contributed by atoms with van der Waals surface area (Å²) in [5.41, 5.74) is 1.62. The Morgan fingerprint density at radius 2 is 1.84 bits per heavy atom. The smallest absolute Gasteiger partial charge is 0.244 e. The van der Waals surface area contributed by atoms with Crippen LogP contribution in [0.15, 0.2) is 42.5 Å². The van der Waals surface area contributed by atoms with E-state index in [1.807, 2.05) is 32.0 Å². The van der Waals surface area contributed by atoms with Crippen LogP contribution < -0.4 is 10.2 Å². The fourth-order valence-electron chi connectivity index (χ4n) is 4.74. The first-order chi connectivity index (χ1) is 15.4. The fourth-order valence-corrected chi connectivity index (χ4v) is 5.04. The van der Waals surface area contributed by atoms with Gasteiger partial charge in [0.05, 0.1) is 12.5 Å². The molecule has 0 fully saturated rings. The molecule has 9 heteroatoms. The molecule has 2 aliphatic heterocycles. The number of hydrogen-bond donors (Lipinski definition) is 1. The summed E-state index contributed by atoms with van der Waals surface area (Å²) in [4.78, 5) is 28.5. The maximum Gasteiger partial charge on any atom is 0.244 e.